The van der Waals surface area contributed by atoms with E-state index in [-0.39, 0.29) is 11.5 Å². The van der Waals surface area contributed by atoms with Crippen LogP contribution in [-0.4, -0.2) is 10.2 Å². The third-order valence-corrected chi connectivity index (χ3v) is 5.54. The van der Waals surface area contributed by atoms with Crippen molar-refractivity contribution in [1.29, 1.82) is 0 Å². The minimum atomic E-state index is 0.0247. The Bertz CT molecular complexity index is 510. The fraction of sp³-hybridized carbons (Fsp3) is 0.769. The summed E-state index contributed by atoms with van der Waals surface area (Å²) in [5.41, 5.74) is 3.31. The molecule has 0 bridgehead atoms. The van der Waals surface area contributed by atoms with E-state index in [4.69, 9.17) is 0 Å². The molecule has 0 aromatic heterocycles. The molecule has 0 aliphatic rings. The average Bonchev–Trinajstić information content (AvgIpc) is 2.55. The number of phenolic OH excluding ortho intramolecular Hbond substituents is 2. The maximum Gasteiger partial charge on any atom is 0.157 e. The molecule has 2 nitrogen and oxygen atoms in total. The molecule has 0 heterocycles. The van der Waals surface area contributed by atoms with Crippen LogP contribution in [0.3, 0.4) is 0 Å². The van der Waals surface area contributed by atoms with Gasteiger partial charge in [0, 0.05) is 0 Å². The van der Waals surface area contributed by atoms with Crippen molar-refractivity contribution in [3.8, 4) is 11.5 Å². The number of aryl methyl sites for hydroxylation is 2. The van der Waals surface area contributed by atoms with Crippen LogP contribution in [0.4, 0.5) is 0 Å². The number of hydrogen-bond acceptors (Lipinski definition) is 2. The summed E-state index contributed by atoms with van der Waals surface area (Å²) in [4.78, 5) is 0. The second kappa shape index (κ2) is 11.7. The summed E-state index contributed by atoms with van der Waals surface area (Å²) in [6, 6.07) is 3.58. The van der Waals surface area contributed by atoms with Crippen LogP contribution >= 0.6 is 0 Å². The Morgan fingerprint density at radius 2 is 0.857 bits per heavy atom. The van der Waals surface area contributed by atoms with Crippen LogP contribution in [0.25, 0.3) is 0 Å². The highest BCUT2D eigenvalue weighted by atomic mass is 16.3. The molecule has 2 heteroatoms. The Morgan fingerprint density at radius 1 is 0.536 bits per heavy atom. The predicted molar refractivity (Wildman–Crippen MR) is 122 cm³/mol. The third-order valence-electron chi connectivity index (χ3n) is 5.54. The zero-order chi connectivity index (χ0) is 21.2. The molecule has 0 atom stereocenters. The topological polar surface area (TPSA) is 40.5 Å². The van der Waals surface area contributed by atoms with Crippen molar-refractivity contribution < 1.29 is 10.2 Å². The monoisotopic (exact) mass is 390 g/mol. The fourth-order valence-electron chi connectivity index (χ4n) is 3.78. The van der Waals surface area contributed by atoms with Crippen molar-refractivity contribution in [2.24, 2.45) is 10.8 Å². The van der Waals surface area contributed by atoms with E-state index >= 15 is 0 Å². The summed E-state index contributed by atoms with van der Waals surface area (Å²) >= 11 is 0. The second-order valence-electron chi connectivity index (χ2n) is 11.1. The molecule has 0 amide bonds. The number of phenols is 2. The van der Waals surface area contributed by atoms with Crippen LogP contribution in [0.5, 0.6) is 11.5 Å². The molecule has 0 radical (unpaired) electrons. The van der Waals surface area contributed by atoms with Gasteiger partial charge in [0.25, 0.3) is 0 Å². The molecule has 28 heavy (non-hydrogen) atoms. The lowest BCUT2D eigenvalue weighted by atomic mass is 9.89. The van der Waals surface area contributed by atoms with Gasteiger partial charge in [-0.25, -0.2) is 0 Å². The first kappa shape index (κ1) is 24.9. The van der Waals surface area contributed by atoms with Gasteiger partial charge >= 0.3 is 0 Å². The van der Waals surface area contributed by atoms with Gasteiger partial charge < -0.3 is 10.2 Å². The number of hydrogen-bond donors (Lipinski definition) is 2. The zero-order valence-corrected chi connectivity index (χ0v) is 19.5. The first-order valence-corrected chi connectivity index (χ1v) is 11.5. The molecule has 1 aromatic rings. The van der Waals surface area contributed by atoms with Gasteiger partial charge in [0.1, 0.15) is 0 Å². The summed E-state index contributed by atoms with van der Waals surface area (Å²) in [6.45, 7) is 13.8. The van der Waals surface area contributed by atoms with Gasteiger partial charge in [0.15, 0.2) is 11.5 Å². The summed E-state index contributed by atoms with van der Waals surface area (Å²) in [7, 11) is 0. The van der Waals surface area contributed by atoms with E-state index in [9.17, 15) is 10.2 Å². The highest BCUT2D eigenvalue weighted by Gasteiger charge is 2.11. The van der Waals surface area contributed by atoms with Crippen LogP contribution < -0.4 is 0 Å². The quantitative estimate of drug-likeness (QED) is 0.279. The van der Waals surface area contributed by atoms with E-state index in [0.717, 1.165) is 25.7 Å². The highest BCUT2D eigenvalue weighted by Crippen LogP contribution is 2.31. The van der Waals surface area contributed by atoms with Crippen LogP contribution in [0.1, 0.15) is 117 Å². The van der Waals surface area contributed by atoms with Gasteiger partial charge in [-0.05, 0) is 72.6 Å². The molecule has 0 aliphatic heterocycles. The normalized spacial score (nSPS) is 12.5. The first-order chi connectivity index (χ1) is 13.0. The summed E-state index contributed by atoms with van der Waals surface area (Å²) in [6.07, 6.45) is 14.5. The third kappa shape index (κ3) is 11.6. The molecule has 0 spiro atoms. The van der Waals surface area contributed by atoms with Crippen molar-refractivity contribution in [2.45, 2.75) is 119 Å². The van der Waals surface area contributed by atoms with Crippen molar-refractivity contribution in [2.75, 3.05) is 0 Å². The van der Waals surface area contributed by atoms with Crippen LogP contribution in [0.15, 0.2) is 12.1 Å². The van der Waals surface area contributed by atoms with Crippen LogP contribution in [0.2, 0.25) is 0 Å². The van der Waals surface area contributed by atoms with Gasteiger partial charge in [-0.3, -0.25) is 0 Å². The molecule has 0 unspecified atom stereocenters. The molecule has 1 rings (SSSR count). The van der Waals surface area contributed by atoms with Gasteiger partial charge in [0.2, 0.25) is 0 Å². The molecular formula is C26H46O2. The van der Waals surface area contributed by atoms with Crippen molar-refractivity contribution in [3.63, 3.8) is 0 Å². The second-order valence-corrected chi connectivity index (χ2v) is 11.1. The smallest absolute Gasteiger partial charge is 0.157 e. The Morgan fingerprint density at radius 3 is 1.18 bits per heavy atom. The lowest BCUT2D eigenvalue weighted by Crippen LogP contribution is -2.04. The predicted octanol–water partition coefficient (Wildman–Crippen LogP) is 8.18. The minimum Gasteiger partial charge on any atom is -0.504 e. The van der Waals surface area contributed by atoms with E-state index in [1.807, 2.05) is 0 Å². The summed E-state index contributed by atoms with van der Waals surface area (Å²) in [5, 5.41) is 19.8. The Labute approximate surface area is 174 Å². The van der Waals surface area contributed by atoms with E-state index in [1.54, 1.807) is 12.1 Å². The van der Waals surface area contributed by atoms with Crippen molar-refractivity contribution >= 4 is 0 Å². The maximum atomic E-state index is 9.92. The summed E-state index contributed by atoms with van der Waals surface area (Å²) in [5.74, 6) is 0.0494. The largest absolute Gasteiger partial charge is 0.504 e. The van der Waals surface area contributed by atoms with Gasteiger partial charge in [-0.2, -0.15) is 0 Å². The van der Waals surface area contributed by atoms with Crippen molar-refractivity contribution in [3.05, 3.63) is 23.3 Å². The molecule has 0 saturated carbocycles. The molecule has 0 fully saturated rings. The van der Waals surface area contributed by atoms with Crippen LogP contribution in [-0.2, 0) is 12.8 Å². The Hall–Kier alpha value is -1.18. The summed E-state index contributed by atoms with van der Waals surface area (Å²) < 4.78 is 0. The van der Waals surface area contributed by atoms with Crippen LogP contribution in [0, 0.1) is 10.8 Å². The lowest BCUT2D eigenvalue weighted by molar-refractivity contribution is 0.356. The van der Waals surface area contributed by atoms with E-state index in [2.05, 4.69) is 41.5 Å². The Balaban J connectivity index is 2.41. The highest BCUT2D eigenvalue weighted by molar-refractivity contribution is 5.45. The molecule has 2 N–H and O–H groups in total. The molecule has 1 aromatic carbocycles. The number of rotatable bonds is 12. The lowest BCUT2D eigenvalue weighted by Gasteiger charge is -2.17. The number of unbranched alkanes of at least 4 members (excludes halogenated alkanes) is 6. The number of aromatic hydroxyl groups is 2. The van der Waals surface area contributed by atoms with E-state index in [1.165, 1.54) is 62.5 Å². The molecular weight excluding hydrogens is 344 g/mol. The molecule has 0 saturated heterocycles. The molecule has 0 aliphatic carbocycles. The van der Waals surface area contributed by atoms with E-state index < -0.39 is 0 Å². The maximum absolute atomic E-state index is 9.92. The first-order valence-electron chi connectivity index (χ1n) is 11.5. The zero-order valence-electron chi connectivity index (χ0n) is 19.5. The standard InChI is InChI=1S/C26H46O2/c1-25(2,3)17-13-9-7-11-15-21-19-23(27)24(28)20-22(21)16-12-8-10-14-18-26(4,5)6/h19-20,27-28H,7-18H2,1-6H3. The van der Waals surface area contributed by atoms with Gasteiger partial charge in [-0.1, -0.05) is 80.1 Å². The number of benzene rings is 1. The van der Waals surface area contributed by atoms with E-state index in [0.29, 0.717) is 10.8 Å². The molecule has 162 valence electrons. The Kier molecular flexibility index (Phi) is 10.4. The van der Waals surface area contributed by atoms with Gasteiger partial charge in [-0.15, -0.1) is 0 Å². The van der Waals surface area contributed by atoms with Crippen molar-refractivity contribution in [1.82, 2.24) is 0 Å². The minimum absolute atomic E-state index is 0.0247. The van der Waals surface area contributed by atoms with Gasteiger partial charge in [0.05, 0.1) is 0 Å². The fourth-order valence-corrected chi connectivity index (χ4v) is 3.78. The average molecular weight is 391 g/mol. The SMILES string of the molecule is CC(C)(C)CCCCCCc1cc(O)c(O)cc1CCCCCCC(C)(C)C.